The summed E-state index contributed by atoms with van der Waals surface area (Å²) in [7, 11) is -3.95. The van der Waals surface area contributed by atoms with Crippen molar-refractivity contribution in [3.8, 4) is 5.75 Å². The van der Waals surface area contributed by atoms with E-state index in [1.54, 1.807) is 30.3 Å². The standard InChI is InChI=1S/C19H20F2N2O4S/c1-4-11-27-16-8-5-14(6-9-16)22-19(24)13(2)23(28(3,25)26)15-7-10-17(20)18(21)12-15/h4-10,12-13H,1,11H2,2-3H3,(H,22,24). The van der Waals surface area contributed by atoms with Gasteiger partial charge in [-0.2, -0.15) is 0 Å². The van der Waals surface area contributed by atoms with E-state index in [4.69, 9.17) is 4.74 Å². The van der Waals surface area contributed by atoms with Gasteiger partial charge in [-0.15, -0.1) is 0 Å². The van der Waals surface area contributed by atoms with E-state index in [-0.39, 0.29) is 5.69 Å². The van der Waals surface area contributed by atoms with Crippen LogP contribution in [0.1, 0.15) is 6.92 Å². The second-order valence-electron chi connectivity index (χ2n) is 5.95. The van der Waals surface area contributed by atoms with Gasteiger partial charge in [0.15, 0.2) is 11.6 Å². The first-order valence-electron chi connectivity index (χ1n) is 8.22. The topological polar surface area (TPSA) is 75.7 Å². The summed E-state index contributed by atoms with van der Waals surface area (Å²) in [4.78, 5) is 12.6. The van der Waals surface area contributed by atoms with Crippen LogP contribution in [0.3, 0.4) is 0 Å². The average Bonchev–Trinajstić information content (AvgIpc) is 2.63. The van der Waals surface area contributed by atoms with E-state index in [2.05, 4.69) is 11.9 Å². The molecule has 0 aliphatic heterocycles. The summed E-state index contributed by atoms with van der Waals surface area (Å²) < 4.78 is 57.2. The van der Waals surface area contributed by atoms with Crippen molar-refractivity contribution in [1.29, 1.82) is 0 Å². The zero-order chi connectivity index (χ0) is 20.9. The smallest absolute Gasteiger partial charge is 0.247 e. The Hall–Kier alpha value is -2.94. The minimum atomic E-state index is -3.95. The van der Waals surface area contributed by atoms with Gasteiger partial charge in [-0.1, -0.05) is 12.7 Å². The SMILES string of the molecule is C=CCOc1ccc(NC(=O)C(C)N(c2ccc(F)c(F)c2)S(C)(=O)=O)cc1. The molecule has 0 saturated carbocycles. The third-order valence-corrected chi connectivity index (χ3v) is 4.98. The number of nitrogens with zero attached hydrogens (tertiary/aromatic N) is 1. The summed E-state index contributed by atoms with van der Waals surface area (Å²) in [5.74, 6) is -2.40. The molecule has 150 valence electrons. The number of sulfonamides is 1. The van der Waals surface area contributed by atoms with Crippen LogP contribution < -0.4 is 14.4 Å². The molecule has 9 heteroatoms. The molecule has 1 atom stereocenters. The highest BCUT2D eigenvalue weighted by atomic mass is 32.2. The Kier molecular flexibility index (Phi) is 6.74. The fourth-order valence-corrected chi connectivity index (χ4v) is 3.63. The number of nitrogens with one attached hydrogen (secondary N) is 1. The average molecular weight is 410 g/mol. The summed E-state index contributed by atoms with van der Waals surface area (Å²) in [5.41, 5.74) is 0.263. The third-order valence-electron chi connectivity index (χ3n) is 3.74. The lowest BCUT2D eigenvalue weighted by atomic mass is 10.2. The highest BCUT2D eigenvalue weighted by molar-refractivity contribution is 7.92. The van der Waals surface area contributed by atoms with Crippen molar-refractivity contribution < 1.29 is 26.7 Å². The van der Waals surface area contributed by atoms with Crippen molar-refractivity contribution in [2.45, 2.75) is 13.0 Å². The summed E-state index contributed by atoms with van der Waals surface area (Å²) >= 11 is 0. The number of hydrogen-bond donors (Lipinski definition) is 1. The largest absolute Gasteiger partial charge is 0.490 e. The molecule has 1 N–H and O–H groups in total. The van der Waals surface area contributed by atoms with Crippen LogP contribution in [0.25, 0.3) is 0 Å². The zero-order valence-corrected chi connectivity index (χ0v) is 16.2. The summed E-state index contributed by atoms with van der Waals surface area (Å²) in [6, 6.07) is 7.85. The van der Waals surface area contributed by atoms with Gasteiger partial charge < -0.3 is 10.1 Å². The van der Waals surface area contributed by atoms with Crippen LogP contribution >= 0.6 is 0 Å². The number of amides is 1. The van der Waals surface area contributed by atoms with Gasteiger partial charge in [0.2, 0.25) is 15.9 Å². The molecule has 1 unspecified atom stereocenters. The summed E-state index contributed by atoms with van der Waals surface area (Å²) in [6.45, 7) is 5.22. The monoisotopic (exact) mass is 410 g/mol. The Morgan fingerprint density at radius 3 is 2.39 bits per heavy atom. The second kappa shape index (κ2) is 8.83. The first-order valence-corrected chi connectivity index (χ1v) is 10.1. The van der Waals surface area contributed by atoms with Crippen molar-refractivity contribution >= 4 is 27.3 Å². The molecule has 0 heterocycles. The van der Waals surface area contributed by atoms with Crippen LogP contribution in [0.4, 0.5) is 20.2 Å². The Labute approximate surface area is 162 Å². The molecule has 0 aliphatic rings. The quantitative estimate of drug-likeness (QED) is 0.678. The molecular formula is C19H20F2N2O4S. The number of carbonyl (C=O) groups excluding carboxylic acids is 1. The van der Waals surface area contributed by atoms with Crippen molar-refractivity contribution in [2.24, 2.45) is 0 Å². The maximum absolute atomic E-state index is 13.6. The summed E-state index contributed by atoms with van der Waals surface area (Å²) in [5, 5.41) is 2.58. The van der Waals surface area contributed by atoms with E-state index in [1.807, 2.05) is 0 Å². The lowest BCUT2D eigenvalue weighted by molar-refractivity contribution is -0.116. The van der Waals surface area contributed by atoms with E-state index in [0.29, 0.717) is 18.0 Å². The second-order valence-corrected chi connectivity index (χ2v) is 7.81. The number of anilines is 2. The van der Waals surface area contributed by atoms with Crippen molar-refractivity contribution in [3.05, 3.63) is 66.8 Å². The highest BCUT2D eigenvalue weighted by Crippen LogP contribution is 2.24. The van der Waals surface area contributed by atoms with Crippen molar-refractivity contribution in [2.75, 3.05) is 22.5 Å². The van der Waals surface area contributed by atoms with Gasteiger partial charge in [0, 0.05) is 11.8 Å². The van der Waals surface area contributed by atoms with Crippen LogP contribution in [0, 0.1) is 11.6 Å². The van der Waals surface area contributed by atoms with Crippen LogP contribution in [0.5, 0.6) is 5.75 Å². The number of hydrogen-bond acceptors (Lipinski definition) is 4. The Morgan fingerprint density at radius 2 is 1.86 bits per heavy atom. The molecule has 2 rings (SSSR count). The number of carbonyl (C=O) groups is 1. The minimum Gasteiger partial charge on any atom is -0.490 e. The first kappa shape index (κ1) is 21.4. The van der Waals surface area contributed by atoms with Crippen LogP contribution in [-0.2, 0) is 14.8 Å². The normalized spacial score (nSPS) is 12.1. The number of benzene rings is 2. The molecule has 0 spiro atoms. The molecule has 28 heavy (non-hydrogen) atoms. The van der Waals surface area contributed by atoms with Crippen molar-refractivity contribution in [3.63, 3.8) is 0 Å². The van der Waals surface area contributed by atoms with Gasteiger partial charge in [-0.3, -0.25) is 9.10 Å². The molecule has 0 saturated heterocycles. The maximum atomic E-state index is 13.6. The van der Waals surface area contributed by atoms with E-state index in [0.717, 1.165) is 28.8 Å². The van der Waals surface area contributed by atoms with Crippen molar-refractivity contribution in [1.82, 2.24) is 0 Å². The third kappa shape index (κ3) is 5.29. The van der Waals surface area contributed by atoms with Gasteiger partial charge in [0.25, 0.3) is 0 Å². The number of halogens is 2. The molecule has 0 bridgehead atoms. The molecule has 0 fully saturated rings. The Morgan fingerprint density at radius 1 is 1.21 bits per heavy atom. The molecular weight excluding hydrogens is 390 g/mol. The first-order chi connectivity index (χ1) is 13.1. The predicted octanol–water partition coefficient (Wildman–Crippen LogP) is 3.32. The van der Waals surface area contributed by atoms with Gasteiger partial charge in [-0.25, -0.2) is 17.2 Å². The Balaban J connectivity index is 2.21. The fourth-order valence-electron chi connectivity index (χ4n) is 2.47. The van der Waals surface area contributed by atoms with E-state index in [9.17, 15) is 22.0 Å². The molecule has 0 aromatic heterocycles. The van der Waals surface area contributed by atoms with Gasteiger partial charge >= 0.3 is 0 Å². The lowest BCUT2D eigenvalue weighted by Gasteiger charge is -2.28. The Bertz CT molecular complexity index is 962. The molecule has 2 aromatic carbocycles. The zero-order valence-electron chi connectivity index (χ0n) is 15.4. The predicted molar refractivity (Wildman–Crippen MR) is 104 cm³/mol. The van der Waals surface area contributed by atoms with E-state index in [1.165, 1.54) is 6.92 Å². The number of ether oxygens (including phenoxy) is 1. The lowest BCUT2D eigenvalue weighted by Crippen LogP contribution is -2.45. The molecule has 2 aromatic rings. The molecule has 0 aliphatic carbocycles. The fraction of sp³-hybridized carbons (Fsp3) is 0.211. The number of rotatable bonds is 8. The molecule has 1 amide bonds. The highest BCUT2D eigenvalue weighted by Gasteiger charge is 2.29. The van der Waals surface area contributed by atoms with Crippen LogP contribution in [0.15, 0.2) is 55.1 Å². The summed E-state index contributed by atoms with van der Waals surface area (Å²) in [6.07, 6.45) is 2.47. The van der Waals surface area contributed by atoms with Gasteiger partial charge in [-0.05, 0) is 43.3 Å². The van der Waals surface area contributed by atoms with E-state index >= 15 is 0 Å². The van der Waals surface area contributed by atoms with E-state index < -0.39 is 33.6 Å². The van der Waals surface area contributed by atoms with Crippen LogP contribution in [-0.4, -0.2) is 33.2 Å². The maximum Gasteiger partial charge on any atom is 0.247 e. The van der Waals surface area contributed by atoms with Crippen LogP contribution in [0.2, 0.25) is 0 Å². The molecule has 0 radical (unpaired) electrons. The minimum absolute atomic E-state index is 0.155. The van der Waals surface area contributed by atoms with Gasteiger partial charge in [0.1, 0.15) is 18.4 Å². The van der Waals surface area contributed by atoms with Gasteiger partial charge in [0.05, 0.1) is 11.9 Å². The molecule has 6 nitrogen and oxygen atoms in total.